The van der Waals surface area contributed by atoms with E-state index >= 15 is 0 Å². The third kappa shape index (κ3) is 3.35. The highest BCUT2D eigenvalue weighted by atomic mass is 35.5. The van der Waals surface area contributed by atoms with Crippen LogP contribution < -0.4 is 5.32 Å². The molecule has 2 rings (SSSR count). The summed E-state index contributed by atoms with van der Waals surface area (Å²) in [6.45, 7) is 3.06. The van der Waals surface area contributed by atoms with Gasteiger partial charge in [0.05, 0.1) is 4.88 Å². The molecular weight excluding hydrogens is 275 g/mol. The number of thiazole rings is 1. The molecule has 0 aliphatic carbocycles. The molecule has 2 aromatic rings. The summed E-state index contributed by atoms with van der Waals surface area (Å²) in [7, 11) is 0. The molecule has 0 aliphatic rings. The van der Waals surface area contributed by atoms with Crippen molar-refractivity contribution in [1.29, 1.82) is 0 Å². The van der Waals surface area contributed by atoms with Gasteiger partial charge in [-0.1, -0.05) is 41.5 Å². The zero-order valence-corrected chi connectivity index (χ0v) is 11.7. The molecule has 5 heteroatoms. The van der Waals surface area contributed by atoms with E-state index in [1.54, 1.807) is 17.4 Å². The van der Waals surface area contributed by atoms with Gasteiger partial charge in [-0.05, 0) is 30.2 Å². The van der Waals surface area contributed by atoms with Gasteiger partial charge in [-0.25, -0.2) is 4.98 Å². The van der Waals surface area contributed by atoms with Crippen molar-refractivity contribution >= 4 is 39.7 Å². The predicted octanol–water partition coefficient (Wildman–Crippen LogP) is 4.94. The van der Waals surface area contributed by atoms with Gasteiger partial charge in [-0.3, -0.25) is 0 Å². The van der Waals surface area contributed by atoms with Gasteiger partial charge in [0.25, 0.3) is 0 Å². The number of aromatic nitrogens is 1. The summed E-state index contributed by atoms with van der Waals surface area (Å²) >= 11 is 13.6. The van der Waals surface area contributed by atoms with E-state index in [2.05, 4.69) is 17.2 Å². The Labute approximate surface area is 115 Å². The Hall–Kier alpha value is -0.770. The van der Waals surface area contributed by atoms with Crippen LogP contribution in [0, 0.1) is 0 Å². The van der Waals surface area contributed by atoms with Gasteiger partial charge in [0.15, 0.2) is 5.13 Å². The highest BCUT2D eigenvalue weighted by Crippen LogP contribution is 2.32. The lowest BCUT2D eigenvalue weighted by atomic mass is 10.2. The summed E-state index contributed by atoms with van der Waals surface area (Å²) in [5.74, 6) is 0. The van der Waals surface area contributed by atoms with E-state index in [9.17, 15) is 0 Å². The Balaban J connectivity index is 2.24. The minimum absolute atomic E-state index is 0.643. The number of benzene rings is 1. The molecule has 0 bridgehead atoms. The molecule has 0 radical (unpaired) electrons. The molecule has 0 aliphatic heterocycles. The number of halogens is 2. The lowest BCUT2D eigenvalue weighted by Crippen LogP contribution is -1.97. The van der Waals surface area contributed by atoms with Gasteiger partial charge in [-0.2, -0.15) is 0 Å². The van der Waals surface area contributed by atoms with Crippen LogP contribution in [0.25, 0.3) is 10.4 Å². The van der Waals surface area contributed by atoms with Gasteiger partial charge < -0.3 is 5.32 Å². The largest absolute Gasteiger partial charge is 0.362 e. The molecule has 0 atom stereocenters. The fourth-order valence-electron chi connectivity index (χ4n) is 1.42. The highest BCUT2D eigenvalue weighted by molar-refractivity contribution is 7.18. The molecule has 1 aromatic carbocycles. The van der Waals surface area contributed by atoms with E-state index in [-0.39, 0.29) is 0 Å². The van der Waals surface area contributed by atoms with Crippen LogP contribution in [0.4, 0.5) is 5.13 Å². The summed E-state index contributed by atoms with van der Waals surface area (Å²) < 4.78 is 0. The maximum atomic E-state index is 5.97. The van der Waals surface area contributed by atoms with Crippen molar-refractivity contribution in [3.05, 3.63) is 34.4 Å². The Morgan fingerprint density at radius 2 is 1.94 bits per heavy atom. The fraction of sp³-hybridized carbons (Fsp3) is 0.250. The van der Waals surface area contributed by atoms with Crippen LogP contribution in [0.2, 0.25) is 10.0 Å². The van der Waals surface area contributed by atoms with Crippen LogP contribution in [-0.2, 0) is 0 Å². The minimum atomic E-state index is 0.643. The van der Waals surface area contributed by atoms with Crippen molar-refractivity contribution in [3.8, 4) is 10.4 Å². The van der Waals surface area contributed by atoms with Crippen LogP contribution >= 0.6 is 34.5 Å². The monoisotopic (exact) mass is 286 g/mol. The Morgan fingerprint density at radius 1 is 1.24 bits per heavy atom. The number of hydrogen-bond acceptors (Lipinski definition) is 3. The van der Waals surface area contributed by atoms with Gasteiger partial charge >= 0.3 is 0 Å². The second-order valence-electron chi connectivity index (χ2n) is 3.61. The molecule has 2 nitrogen and oxygen atoms in total. The number of hydrogen-bond donors (Lipinski definition) is 1. The van der Waals surface area contributed by atoms with Crippen LogP contribution in [0.3, 0.4) is 0 Å². The van der Waals surface area contributed by atoms with E-state index in [1.165, 1.54) is 0 Å². The maximum Gasteiger partial charge on any atom is 0.183 e. The first-order chi connectivity index (χ1) is 8.19. The first-order valence-corrected chi connectivity index (χ1v) is 6.92. The van der Waals surface area contributed by atoms with Crippen molar-refractivity contribution in [2.24, 2.45) is 0 Å². The lowest BCUT2D eigenvalue weighted by molar-refractivity contribution is 0.976. The standard InChI is InChI=1S/C12H12Cl2N2S/c1-2-3-15-12-16-7-11(17-12)8-4-9(13)6-10(14)5-8/h4-7H,2-3H2,1H3,(H,15,16). The van der Waals surface area contributed by atoms with Crippen molar-refractivity contribution in [2.45, 2.75) is 13.3 Å². The minimum Gasteiger partial charge on any atom is -0.362 e. The maximum absolute atomic E-state index is 5.97. The summed E-state index contributed by atoms with van der Waals surface area (Å²) in [5.41, 5.74) is 1.00. The third-order valence-electron chi connectivity index (χ3n) is 2.18. The number of anilines is 1. The number of nitrogens with zero attached hydrogens (tertiary/aromatic N) is 1. The highest BCUT2D eigenvalue weighted by Gasteiger charge is 2.06. The fourth-order valence-corrected chi connectivity index (χ4v) is 2.77. The van der Waals surface area contributed by atoms with Crippen LogP contribution in [0.5, 0.6) is 0 Å². The molecule has 1 aromatic heterocycles. The van der Waals surface area contributed by atoms with E-state index in [0.29, 0.717) is 10.0 Å². The van der Waals surface area contributed by atoms with Crippen LogP contribution in [0.1, 0.15) is 13.3 Å². The van der Waals surface area contributed by atoms with E-state index in [1.807, 2.05) is 18.3 Å². The quantitative estimate of drug-likeness (QED) is 0.861. The van der Waals surface area contributed by atoms with Gasteiger partial charge in [0.1, 0.15) is 0 Å². The third-order valence-corrected chi connectivity index (χ3v) is 3.62. The van der Waals surface area contributed by atoms with Crippen LogP contribution in [0.15, 0.2) is 24.4 Å². The Morgan fingerprint density at radius 3 is 2.59 bits per heavy atom. The molecule has 0 saturated carbocycles. The summed E-state index contributed by atoms with van der Waals surface area (Å²) in [4.78, 5) is 5.37. The molecule has 90 valence electrons. The smallest absolute Gasteiger partial charge is 0.183 e. The van der Waals surface area contributed by atoms with Crippen molar-refractivity contribution in [1.82, 2.24) is 4.98 Å². The van der Waals surface area contributed by atoms with Gasteiger partial charge in [0, 0.05) is 22.8 Å². The molecule has 1 N–H and O–H groups in total. The van der Waals surface area contributed by atoms with Gasteiger partial charge in [0.2, 0.25) is 0 Å². The average Bonchev–Trinajstić information content (AvgIpc) is 2.73. The van der Waals surface area contributed by atoms with Gasteiger partial charge in [-0.15, -0.1) is 0 Å². The molecule has 0 saturated heterocycles. The molecule has 1 heterocycles. The number of rotatable bonds is 4. The summed E-state index contributed by atoms with van der Waals surface area (Å²) in [5, 5.41) is 5.47. The molecule has 0 fully saturated rings. The summed E-state index contributed by atoms with van der Waals surface area (Å²) in [6.07, 6.45) is 2.92. The van der Waals surface area contributed by atoms with Crippen molar-refractivity contribution in [3.63, 3.8) is 0 Å². The normalized spacial score (nSPS) is 10.5. The topological polar surface area (TPSA) is 24.9 Å². The van der Waals surface area contributed by atoms with E-state index < -0.39 is 0 Å². The van der Waals surface area contributed by atoms with Crippen LogP contribution in [-0.4, -0.2) is 11.5 Å². The zero-order chi connectivity index (χ0) is 12.3. The van der Waals surface area contributed by atoms with E-state index in [0.717, 1.165) is 28.5 Å². The average molecular weight is 287 g/mol. The molecule has 17 heavy (non-hydrogen) atoms. The SMILES string of the molecule is CCCNc1ncc(-c2cc(Cl)cc(Cl)c2)s1. The lowest BCUT2D eigenvalue weighted by Gasteiger charge is -1.99. The second-order valence-corrected chi connectivity index (χ2v) is 5.52. The molecular formula is C12H12Cl2N2S. The molecule has 0 unspecified atom stereocenters. The number of nitrogens with one attached hydrogen (secondary N) is 1. The van der Waals surface area contributed by atoms with Crippen molar-refractivity contribution < 1.29 is 0 Å². The first kappa shape index (κ1) is 12.7. The summed E-state index contributed by atoms with van der Waals surface area (Å²) in [6, 6.07) is 5.51. The van der Waals surface area contributed by atoms with Crippen molar-refractivity contribution in [2.75, 3.05) is 11.9 Å². The molecule has 0 amide bonds. The first-order valence-electron chi connectivity index (χ1n) is 5.35. The van der Waals surface area contributed by atoms with E-state index in [4.69, 9.17) is 23.2 Å². The zero-order valence-electron chi connectivity index (χ0n) is 9.34. The second kappa shape index (κ2) is 5.71. The Kier molecular flexibility index (Phi) is 4.26. The predicted molar refractivity (Wildman–Crippen MR) is 76.4 cm³/mol. The Bertz CT molecular complexity index is 491. The molecule has 0 spiro atoms.